The monoisotopic (exact) mass is 403 g/mol. The molecule has 4 aromatic rings. The van der Waals surface area contributed by atoms with Crippen LogP contribution in [0.3, 0.4) is 0 Å². The van der Waals surface area contributed by atoms with E-state index in [1.165, 1.54) is 5.56 Å². The first-order chi connectivity index (χ1) is 15.2. The van der Waals surface area contributed by atoms with E-state index in [-0.39, 0.29) is 11.8 Å². The van der Waals surface area contributed by atoms with Gasteiger partial charge in [0.25, 0.3) is 0 Å². The number of rotatable bonds is 3. The van der Waals surface area contributed by atoms with Crippen LogP contribution in [0.4, 0.5) is 0 Å². The second-order valence-electron chi connectivity index (χ2n) is 7.69. The van der Waals surface area contributed by atoms with Crippen molar-refractivity contribution in [3.05, 3.63) is 113 Å². The Kier molecular flexibility index (Phi) is 4.57. The Morgan fingerprint density at radius 3 is 2.35 bits per heavy atom. The Balaban J connectivity index is 1.76. The van der Waals surface area contributed by atoms with Gasteiger partial charge in [-0.3, -0.25) is 0 Å². The zero-order valence-electron chi connectivity index (χ0n) is 17.1. The quantitative estimate of drug-likeness (QED) is 0.441. The number of nitrogens with two attached hydrogens (primary N) is 1. The second-order valence-corrected chi connectivity index (χ2v) is 7.69. The number of nitriles is 1. The molecule has 0 radical (unpaired) electrons. The number of H-pyrrole nitrogens is 1. The number of benzene rings is 3. The van der Waals surface area contributed by atoms with E-state index >= 15 is 0 Å². The number of nitrogens with one attached hydrogen (secondary N) is 1. The van der Waals surface area contributed by atoms with Crippen molar-refractivity contribution in [3.8, 4) is 17.3 Å². The molecule has 2 heterocycles. The molecule has 150 valence electrons. The molecule has 31 heavy (non-hydrogen) atoms. The minimum Gasteiger partial charge on any atom is -0.440 e. The molecule has 0 saturated carbocycles. The summed E-state index contributed by atoms with van der Waals surface area (Å²) in [4.78, 5) is 3.56. The van der Waals surface area contributed by atoms with Crippen LogP contribution in [-0.2, 0) is 4.74 Å². The maximum Gasteiger partial charge on any atom is 0.205 e. The summed E-state index contributed by atoms with van der Waals surface area (Å²) in [5, 5.41) is 11.0. The highest BCUT2D eigenvalue weighted by atomic mass is 16.5. The minimum absolute atomic E-state index is 0.148. The Morgan fingerprint density at radius 2 is 1.61 bits per heavy atom. The van der Waals surface area contributed by atoms with Gasteiger partial charge < -0.3 is 15.5 Å². The molecular weight excluding hydrogens is 382 g/mol. The topological polar surface area (TPSA) is 74.8 Å². The Labute approximate surface area is 180 Å². The lowest BCUT2D eigenvalue weighted by Gasteiger charge is -2.24. The summed E-state index contributed by atoms with van der Waals surface area (Å²) >= 11 is 0. The highest BCUT2D eigenvalue weighted by Crippen LogP contribution is 2.43. The van der Waals surface area contributed by atoms with Crippen LogP contribution < -0.4 is 5.73 Å². The van der Waals surface area contributed by atoms with Crippen LogP contribution in [0.25, 0.3) is 27.9 Å². The average molecular weight is 403 g/mol. The fourth-order valence-electron chi connectivity index (χ4n) is 4.14. The number of nitrogens with zero attached hydrogens (tertiary/aromatic N) is 1. The molecule has 3 N–H and O–H groups in total. The molecular formula is C27H21N3O. The summed E-state index contributed by atoms with van der Waals surface area (Å²) in [5.74, 6) is 0.474. The van der Waals surface area contributed by atoms with E-state index in [0.717, 1.165) is 33.3 Å². The predicted octanol–water partition coefficient (Wildman–Crippen LogP) is 5.99. The van der Waals surface area contributed by atoms with Gasteiger partial charge in [0, 0.05) is 22.4 Å². The highest BCUT2D eigenvalue weighted by molar-refractivity contribution is 5.93. The first-order valence-electron chi connectivity index (χ1n) is 10.2. The average Bonchev–Trinajstić information content (AvgIpc) is 3.19. The Bertz CT molecular complexity index is 1370. The van der Waals surface area contributed by atoms with E-state index in [1.807, 2.05) is 73.7 Å². The van der Waals surface area contributed by atoms with Gasteiger partial charge in [0.05, 0.1) is 5.69 Å². The molecule has 1 atom stereocenters. The number of hydrogen-bond acceptors (Lipinski definition) is 3. The number of fused-ring (bicyclic) bond motifs is 1. The zero-order valence-corrected chi connectivity index (χ0v) is 17.1. The minimum atomic E-state index is -0.332. The molecule has 0 spiro atoms. The summed E-state index contributed by atoms with van der Waals surface area (Å²) in [7, 11) is 0. The summed E-state index contributed by atoms with van der Waals surface area (Å²) in [6.45, 7) is 2.04. The van der Waals surface area contributed by atoms with Gasteiger partial charge in [0.15, 0.2) is 0 Å². The molecule has 4 nitrogen and oxygen atoms in total. The van der Waals surface area contributed by atoms with Crippen molar-refractivity contribution in [2.24, 2.45) is 5.73 Å². The van der Waals surface area contributed by atoms with Crippen LogP contribution in [0.1, 0.15) is 22.6 Å². The van der Waals surface area contributed by atoms with Gasteiger partial charge in [-0.05, 0) is 30.2 Å². The summed E-state index contributed by atoms with van der Waals surface area (Å²) in [5.41, 5.74) is 12.8. The number of ether oxygens (including phenoxy) is 1. The van der Waals surface area contributed by atoms with Crippen molar-refractivity contribution < 1.29 is 4.74 Å². The van der Waals surface area contributed by atoms with Crippen molar-refractivity contribution in [1.82, 2.24) is 4.98 Å². The maximum atomic E-state index is 9.95. The smallest absolute Gasteiger partial charge is 0.205 e. The molecule has 1 unspecified atom stereocenters. The van der Waals surface area contributed by atoms with Gasteiger partial charge in [-0.1, -0.05) is 78.4 Å². The van der Waals surface area contributed by atoms with E-state index in [0.29, 0.717) is 11.3 Å². The summed E-state index contributed by atoms with van der Waals surface area (Å²) in [6, 6.07) is 28.7. The van der Waals surface area contributed by atoms with Gasteiger partial charge in [-0.15, -0.1) is 0 Å². The highest BCUT2D eigenvalue weighted by Gasteiger charge is 2.30. The van der Waals surface area contributed by atoms with Gasteiger partial charge >= 0.3 is 0 Å². The molecule has 0 amide bonds. The molecule has 1 aliphatic heterocycles. The largest absolute Gasteiger partial charge is 0.440 e. The molecule has 0 fully saturated rings. The standard InChI is InChI=1S/C27H21N3O/c1-17-11-13-18(14-12-17)24-15-21(22(16-28)27(29)31-24)25-20-9-5-6-10-23(20)30-26(25)19-7-3-2-4-8-19/h2-15,21,30H,29H2,1H3. The molecule has 0 bridgehead atoms. The van der Waals surface area contributed by atoms with Crippen LogP contribution in [0.2, 0.25) is 0 Å². The molecule has 5 rings (SSSR count). The van der Waals surface area contributed by atoms with Crippen LogP contribution in [-0.4, -0.2) is 4.98 Å². The van der Waals surface area contributed by atoms with E-state index in [4.69, 9.17) is 10.5 Å². The maximum absolute atomic E-state index is 9.95. The van der Waals surface area contributed by atoms with Crippen molar-refractivity contribution in [2.45, 2.75) is 12.8 Å². The van der Waals surface area contributed by atoms with Gasteiger partial charge in [-0.25, -0.2) is 0 Å². The lowest BCUT2D eigenvalue weighted by Crippen LogP contribution is -2.16. The van der Waals surface area contributed by atoms with Crippen molar-refractivity contribution in [2.75, 3.05) is 0 Å². The van der Waals surface area contributed by atoms with Crippen LogP contribution in [0, 0.1) is 18.3 Å². The fourth-order valence-corrected chi connectivity index (χ4v) is 4.14. The summed E-state index contributed by atoms with van der Waals surface area (Å²) in [6.07, 6.45) is 2.00. The third kappa shape index (κ3) is 3.27. The molecule has 4 heteroatoms. The van der Waals surface area contributed by atoms with E-state index in [9.17, 15) is 5.26 Å². The van der Waals surface area contributed by atoms with E-state index < -0.39 is 0 Å². The molecule has 3 aromatic carbocycles. The summed E-state index contributed by atoms with van der Waals surface area (Å²) < 4.78 is 5.89. The van der Waals surface area contributed by atoms with Crippen LogP contribution >= 0.6 is 0 Å². The number of aromatic amines is 1. The van der Waals surface area contributed by atoms with Crippen molar-refractivity contribution >= 4 is 16.7 Å². The number of hydrogen-bond donors (Lipinski definition) is 2. The molecule has 0 aliphatic carbocycles. The van der Waals surface area contributed by atoms with Crippen molar-refractivity contribution in [3.63, 3.8) is 0 Å². The number of aromatic nitrogens is 1. The first-order valence-corrected chi connectivity index (χ1v) is 10.2. The Hall–Kier alpha value is -4.23. The predicted molar refractivity (Wildman–Crippen MR) is 124 cm³/mol. The normalized spacial score (nSPS) is 16.0. The third-order valence-electron chi connectivity index (χ3n) is 5.69. The fraction of sp³-hybridized carbons (Fsp3) is 0.0741. The third-order valence-corrected chi connectivity index (χ3v) is 5.69. The lowest BCUT2D eigenvalue weighted by atomic mass is 9.85. The first kappa shape index (κ1) is 18.8. The second kappa shape index (κ2) is 7.55. The number of allylic oxidation sites excluding steroid dienone is 2. The van der Waals surface area contributed by atoms with Gasteiger partial charge in [-0.2, -0.15) is 5.26 Å². The SMILES string of the molecule is Cc1ccc(C2=CC(c3c(-c4ccccc4)[nH]c4ccccc34)C(C#N)=C(N)O2)cc1. The molecule has 1 aromatic heterocycles. The number of para-hydroxylation sites is 1. The lowest BCUT2D eigenvalue weighted by molar-refractivity contribution is 0.361. The molecule has 0 saturated heterocycles. The molecule has 1 aliphatic rings. The van der Waals surface area contributed by atoms with E-state index in [1.54, 1.807) is 0 Å². The van der Waals surface area contributed by atoms with Crippen molar-refractivity contribution in [1.29, 1.82) is 5.26 Å². The number of aryl methyl sites for hydroxylation is 1. The van der Waals surface area contributed by atoms with Gasteiger partial charge in [0.1, 0.15) is 17.4 Å². The van der Waals surface area contributed by atoms with E-state index in [2.05, 4.69) is 29.3 Å². The van der Waals surface area contributed by atoms with Gasteiger partial charge in [0.2, 0.25) is 5.88 Å². The zero-order chi connectivity index (χ0) is 21.4. The van der Waals surface area contributed by atoms with Crippen LogP contribution in [0.15, 0.2) is 96.4 Å². The Morgan fingerprint density at radius 1 is 0.903 bits per heavy atom. The van der Waals surface area contributed by atoms with Crippen LogP contribution in [0.5, 0.6) is 0 Å².